The predicted octanol–water partition coefficient (Wildman–Crippen LogP) is 3.97. The number of carbonyl (C=O) groups excluding carboxylic acids is 1. The van der Waals surface area contributed by atoms with Gasteiger partial charge in [-0.25, -0.2) is 0 Å². The van der Waals surface area contributed by atoms with Crippen LogP contribution in [0, 0.1) is 13.8 Å². The maximum Gasteiger partial charge on any atom is 0.253 e. The fraction of sp³-hybridized carbons (Fsp3) is 0.286. The van der Waals surface area contributed by atoms with E-state index in [2.05, 4.69) is 9.88 Å². The number of fused-ring (bicyclic) bond motifs is 1. The van der Waals surface area contributed by atoms with E-state index in [9.17, 15) is 4.79 Å². The first kappa shape index (κ1) is 17.3. The van der Waals surface area contributed by atoms with E-state index in [0.717, 1.165) is 28.5 Å². The van der Waals surface area contributed by atoms with Crippen molar-refractivity contribution in [3.63, 3.8) is 0 Å². The summed E-state index contributed by atoms with van der Waals surface area (Å²) in [5.41, 5.74) is 3.58. The van der Waals surface area contributed by atoms with Gasteiger partial charge >= 0.3 is 0 Å². The Morgan fingerprint density at radius 2 is 2.00 bits per heavy atom. The first-order chi connectivity index (χ1) is 13.0. The van der Waals surface area contributed by atoms with Crippen molar-refractivity contribution in [1.82, 2.24) is 9.88 Å². The molecule has 3 heterocycles. The van der Waals surface area contributed by atoms with E-state index in [4.69, 9.17) is 13.9 Å². The number of hydrogen-bond acceptors (Lipinski definition) is 4. The van der Waals surface area contributed by atoms with Crippen LogP contribution in [0.5, 0.6) is 11.5 Å². The maximum absolute atomic E-state index is 12.8. The SMILES string of the molecule is Cc1cc(C(=O)N[C@H](C)c2ccc3c(c2)OCO3)c(C)n1Cc1ccco1. The third-order valence-corrected chi connectivity index (χ3v) is 4.96. The molecule has 0 bridgehead atoms. The third kappa shape index (κ3) is 3.30. The summed E-state index contributed by atoms with van der Waals surface area (Å²) in [4.78, 5) is 12.8. The number of amides is 1. The van der Waals surface area contributed by atoms with E-state index in [1.807, 2.05) is 57.2 Å². The third-order valence-electron chi connectivity index (χ3n) is 4.96. The molecular weight excluding hydrogens is 344 g/mol. The van der Waals surface area contributed by atoms with Crippen LogP contribution in [0.1, 0.15) is 46.0 Å². The standard InChI is InChI=1S/C21H22N2O4/c1-13-9-18(15(3)23(13)11-17-5-4-8-25-17)21(24)22-14(2)16-6-7-19-20(10-16)27-12-26-19/h4-10,14H,11-12H2,1-3H3,(H,22,24)/t14-/m1/s1. The maximum atomic E-state index is 12.8. The smallest absolute Gasteiger partial charge is 0.253 e. The number of nitrogens with one attached hydrogen (secondary N) is 1. The summed E-state index contributed by atoms with van der Waals surface area (Å²) in [6, 6.07) is 11.3. The number of carbonyl (C=O) groups is 1. The zero-order valence-corrected chi connectivity index (χ0v) is 15.6. The summed E-state index contributed by atoms with van der Waals surface area (Å²) in [6.07, 6.45) is 1.66. The van der Waals surface area contributed by atoms with Gasteiger partial charge in [0.05, 0.1) is 24.4 Å². The van der Waals surface area contributed by atoms with E-state index in [-0.39, 0.29) is 18.7 Å². The van der Waals surface area contributed by atoms with Gasteiger partial charge < -0.3 is 23.8 Å². The van der Waals surface area contributed by atoms with Gasteiger partial charge in [-0.05, 0) is 56.7 Å². The van der Waals surface area contributed by atoms with Crippen LogP contribution in [0.2, 0.25) is 0 Å². The van der Waals surface area contributed by atoms with Gasteiger partial charge in [-0.3, -0.25) is 4.79 Å². The van der Waals surface area contributed by atoms with Crippen LogP contribution in [0.15, 0.2) is 47.1 Å². The van der Waals surface area contributed by atoms with Crippen LogP contribution in [-0.2, 0) is 6.54 Å². The van der Waals surface area contributed by atoms with Gasteiger partial charge in [-0.2, -0.15) is 0 Å². The van der Waals surface area contributed by atoms with Gasteiger partial charge in [0.25, 0.3) is 5.91 Å². The largest absolute Gasteiger partial charge is 0.467 e. The van der Waals surface area contributed by atoms with Crippen molar-refractivity contribution in [2.75, 3.05) is 6.79 Å². The van der Waals surface area contributed by atoms with Crippen molar-refractivity contribution in [2.45, 2.75) is 33.4 Å². The number of hydrogen-bond donors (Lipinski definition) is 1. The molecule has 1 aliphatic heterocycles. The molecule has 1 aliphatic rings. The van der Waals surface area contributed by atoms with Crippen molar-refractivity contribution in [1.29, 1.82) is 0 Å². The Morgan fingerprint density at radius 3 is 2.78 bits per heavy atom. The topological polar surface area (TPSA) is 65.6 Å². The molecule has 1 N–H and O–H groups in total. The molecule has 27 heavy (non-hydrogen) atoms. The monoisotopic (exact) mass is 366 g/mol. The predicted molar refractivity (Wildman–Crippen MR) is 100 cm³/mol. The Morgan fingerprint density at radius 1 is 1.19 bits per heavy atom. The number of ether oxygens (including phenoxy) is 2. The summed E-state index contributed by atoms with van der Waals surface area (Å²) in [6.45, 7) is 6.75. The van der Waals surface area contributed by atoms with Gasteiger partial charge in [0, 0.05) is 11.4 Å². The van der Waals surface area contributed by atoms with E-state index < -0.39 is 0 Å². The molecule has 140 valence electrons. The molecule has 3 aromatic rings. The Labute approximate surface area is 157 Å². The number of furan rings is 1. The molecular formula is C21H22N2O4. The molecule has 0 spiro atoms. The molecule has 6 heteroatoms. The zero-order chi connectivity index (χ0) is 19.0. The summed E-state index contributed by atoms with van der Waals surface area (Å²) in [5, 5.41) is 3.07. The number of nitrogens with zero attached hydrogens (tertiary/aromatic N) is 1. The van der Waals surface area contributed by atoms with E-state index in [1.54, 1.807) is 6.26 Å². The number of benzene rings is 1. The number of rotatable bonds is 5. The van der Waals surface area contributed by atoms with Crippen molar-refractivity contribution in [3.05, 3.63) is 70.9 Å². The minimum atomic E-state index is -0.153. The fourth-order valence-electron chi connectivity index (χ4n) is 3.37. The van der Waals surface area contributed by atoms with Crippen LogP contribution in [-0.4, -0.2) is 17.3 Å². The number of aromatic nitrogens is 1. The van der Waals surface area contributed by atoms with Gasteiger partial charge in [0.15, 0.2) is 11.5 Å². The first-order valence-corrected chi connectivity index (χ1v) is 8.92. The molecule has 0 fully saturated rings. The van der Waals surface area contributed by atoms with Crippen LogP contribution >= 0.6 is 0 Å². The van der Waals surface area contributed by atoms with E-state index in [1.165, 1.54) is 0 Å². The van der Waals surface area contributed by atoms with Gasteiger partial charge in [-0.1, -0.05) is 6.07 Å². The van der Waals surface area contributed by atoms with Crippen molar-refractivity contribution in [3.8, 4) is 11.5 Å². The van der Waals surface area contributed by atoms with Gasteiger partial charge in [0.1, 0.15) is 5.76 Å². The normalized spacial score (nSPS) is 13.6. The molecule has 1 atom stereocenters. The first-order valence-electron chi connectivity index (χ1n) is 8.92. The highest BCUT2D eigenvalue weighted by Gasteiger charge is 2.20. The van der Waals surface area contributed by atoms with Crippen molar-refractivity contribution < 1.29 is 18.7 Å². The van der Waals surface area contributed by atoms with Crippen molar-refractivity contribution in [2.24, 2.45) is 0 Å². The Balaban J connectivity index is 1.51. The second-order valence-electron chi connectivity index (χ2n) is 6.76. The van der Waals surface area contributed by atoms with Crippen LogP contribution in [0.4, 0.5) is 0 Å². The second-order valence-corrected chi connectivity index (χ2v) is 6.76. The molecule has 0 radical (unpaired) electrons. The Bertz CT molecular complexity index is 972. The van der Waals surface area contributed by atoms with Crippen LogP contribution in [0.25, 0.3) is 0 Å². The summed E-state index contributed by atoms with van der Waals surface area (Å²) >= 11 is 0. The van der Waals surface area contributed by atoms with Gasteiger partial charge in [0.2, 0.25) is 6.79 Å². The van der Waals surface area contributed by atoms with Crippen molar-refractivity contribution >= 4 is 5.91 Å². The second kappa shape index (κ2) is 6.87. The average Bonchev–Trinajstić information content (AvgIpc) is 3.38. The zero-order valence-electron chi connectivity index (χ0n) is 15.6. The molecule has 1 amide bonds. The minimum Gasteiger partial charge on any atom is -0.467 e. The highest BCUT2D eigenvalue weighted by atomic mass is 16.7. The summed E-state index contributed by atoms with van der Waals surface area (Å²) in [7, 11) is 0. The van der Waals surface area contributed by atoms with E-state index >= 15 is 0 Å². The average molecular weight is 366 g/mol. The highest BCUT2D eigenvalue weighted by Crippen LogP contribution is 2.34. The molecule has 2 aromatic heterocycles. The molecule has 0 unspecified atom stereocenters. The van der Waals surface area contributed by atoms with E-state index in [0.29, 0.717) is 17.9 Å². The molecule has 4 rings (SSSR count). The van der Waals surface area contributed by atoms with Gasteiger partial charge in [-0.15, -0.1) is 0 Å². The Hall–Kier alpha value is -3.15. The lowest BCUT2D eigenvalue weighted by Crippen LogP contribution is -2.27. The molecule has 1 aromatic carbocycles. The molecule has 0 aliphatic carbocycles. The quantitative estimate of drug-likeness (QED) is 0.742. The fourth-order valence-corrected chi connectivity index (χ4v) is 3.37. The lowest BCUT2D eigenvalue weighted by atomic mass is 10.1. The molecule has 0 saturated heterocycles. The lowest BCUT2D eigenvalue weighted by molar-refractivity contribution is 0.0939. The molecule has 6 nitrogen and oxygen atoms in total. The van der Waals surface area contributed by atoms with Crippen LogP contribution in [0.3, 0.4) is 0 Å². The minimum absolute atomic E-state index is 0.0982. The highest BCUT2D eigenvalue weighted by molar-refractivity contribution is 5.96. The number of aryl methyl sites for hydroxylation is 1. The summed E-state index contributed by atoms with van der Waals surface area (Å²) in [5.74, 6) is 2.21. The lowest BCUT2D eigenvalue weighted by Gasteiger charge is -2.15. The molecule has 0 saturated carbocycles. The summed E-state index contributed by atoms with van der Waals surface area (Å²) < 4.78 is 18.3. The van der Waals surface area contributed by atoms with Crippen LogP contribution < -0.4 is 14.8 Å². The Kier molecular flexibility index (Phi) is 4.39.